The quantitative estimate of drug-likeness (QED) is 0.657. The Labute approximate surface area is 128 Å². The second-order valence-electron chi connectivity index (χ2n) is 5.23. The molecule has 3 aromatic rings. The molecule has 3 heteroatoms. The fourth-order valence-electron chi connectivity index (χ4n) is 2.80. The number of rotatable bonds is 1. The van der Waals surface area contributed by atoms with Gasteiger partial charge in [0.05, 0.1) is 5.69 Å². The molecule has 0 fully saturated rings. The first-order valence-electron chi connectivity index (χ1n) is 7.01. The molecule has 1 aliphatic carbocycles. The lowest BCUT2D eigenvalue weighted by atomic mass is 9.90. The third-order valence-electron chi connectivity index (χ3n) is 3.90. The van der Waals surface area contributed by atoms with E-state index in [0.29, 0.717) is 0 Å². The van der Waals surface area contributed by atoms with Crippen molar-refractivity contribution in [2.75, 3.05) is 0 Å². The highest BCUT2D eigenvalue weighted by Gasteiger charge is 2.18. The summed E-state index contributed by atoms with van der Waals surface area (Å²) in [6.45, 7) is 0. The molecule has 21 heavy (non-hydrogen) atoms. The van der Waals surface area contributed by atoms with E-state index in [1.54, 1.807) is 0 Å². The second-order valence-corrected chi connectivity index (χ2v) is 5.67. The van der Waals surface area contributed by atoms with E-state index in [0.717, 1.165) is 34.9 Å². The molecule has 0 spiro atoms. The lowest BCUT2D eigenvalue weighted by Gasteiger charge is -2.18. The van der Waals surface area contributed by atoms with Crippen molar-refractivity contribution >= 4 is 11.6 Å². The summed E-state index contributed by atoms with van der Waals surface area (Å²) in [5.74, 6) is 0.752. The van der Waals surface area contributed by atoms with Gasteiger partial charge in [0.15, 0.2) is 5.82 Å². The van der Waals surface area contributed by atoms with Crippen molar-refractivity contribution in [1.29, 1.82) is 0 Å². The van der Waals surface area contributed by atoms with Crippen molar-refractivity contribution in [2.24, 2.45) is 0 Å². The van der Waals surface area contributed by atoms with Crippen LogP contribution in [-0.4, -0.2) is 9.97 Å². The van der Waals surface area contributed by atoms with E-state index >= 15 is 0 Å². The largest absolute Gasteiger partial charge is 0.236 e. The van der Waals surface area contributed by atoms with E-state index < -0.39 is 0 Å². The maximum Gasteiger partial charge on any atom is 0.159 e. The first-order chi connectivity index (χ1) is 10.3. The number of fused-ring (bicyclic) bond motifs is 3. The Morgan fingerprint density at radius 2 is 1.62 bits per heavy atom. The third kappa shape index (κ3) is 2.22. The van der Waals surface area contributed by atoms with Crippen molar-refractivity contribution in [3.05, 3.63) is 70.9 Å². The topological polar surface area (TPSA) is 25.8 Å². The average molecular weight is 293 g/mol. The number of halogens is 1. The van der Waals surface area contributed by atoms with Crippen LogP contribution in [0.5, 0.6) is 0 Å². The Hall–Kier alpha value is -2.19. The summed E-state index contributed by atoms with van der Waals surface area (Å²) in [5.41, 5.74) is 5.88. The molecule has 0 unspecified atom stereocenters. The summed E-state index contributed by atoms with van der Waals surface area (Å²) in [7, 11) is 0. The molecule has 0 N–H and O–H groups in total. The van der Waals surface area contributed by atoms with Gasteiger partial charge in [0.2, 0.25) is 0 Å². The van der Waals surface area contributed by atoms with E-state index in [1.807, 2.05) is 30.5 Å². The van der Waals surface area contributed by atoms with Crippen molar-refractivity contribution in [2.45, 2.75) is 12.8 Å². The van der Waals surface area contributed by atoms with E-state index in [4.69, 9.17) is 16.6 Å². The van der Waals surface area contributed by atoms with Crippen molar-refractivity contribution < 1.29 is 0 Å². The molecular formula is C18H13ClN2. The third-order valence-corrected chi connectivity index (χ3v) is 4.16. The lowest BCUT2D eigenvalue weighted by Crippen LogP contribution is -2.07. The molecule has 102 valence electrons. The van der Waals surface area contributed by atoms with Crippen LogP contribution >= 0.6 is 11.6 Å². The molecule has 1 aliphatic rings. The van der Waals surface area contributed by atoms with Gasteiger partial charge in [-0.25, -0.2) is 9.97 Å². The Kier molecular flexibility index (Phi) is 2.97. The minimum absolute atomic E-state index is 0.724. The normalized spacial score (nSPS) is 12.6. The predicted octanol–water partition coefficient (Wildman–Crippen LogP) is 4.56. The lowest BCUT2D eigenvalue weighted by molar-refractivity contribution is 0.912. The average Bonchev–Trinajstić information content (AvgIpc) is 2.55. The molecule has 0 aliphatic heterocycles. The van der Waals surface area contributed by atoms with Gasteiger partial charge in [0, 0.05) is 22.3 Å². The van der Waals surface area contributed by atoms with Crippen LogP contribution in [0.25, 0.3) is 22.6 Å². The van der Waals surface area contributed by atoms with Crippen LogP contribution in [0.3, 0.4) is 0 Å². The van der Waals surface area contributed by atoms with Crippen LogP contribution in [0.1, 0.15) is 11.1 Å². The van der Waals surface area contributed by atoms with Gasteiger partial charge in [0.1, 0.15) is 0 Å². The van der Waals surface area contributed by atoms with Crippen molar-refractivity contribution in [3.8, 4) is 22.6 Å². The van der Waals surface area contributed by atoms with Crippen LogP contribution < -0.4 is 0 Å². The standard InChI is InChI=1S/C18H13ClN2/c19-15-9-7-13(8-10-15)18-20-11-14-6-5-12-3-1-2-4-16(12)17(14)21-18/h1-4,7-11H,5-6H2. The summed E-state index contributed by atoms with van der Waals surface area (Å²) in [6, 6.07) is 16.1. The van der Waals surface area contributed by atoms with Gasteiger partial charge in [-0.2, -0.15) is 0 Å². The van der Waals surface area contributed by atoms with Crippen LogP contribution in [0.2, 0.25) is 5.02 Å². The summed E-state index contributed by atoms with van der Waals surface area (Å²) in [6.07, 6.45) is 4.03. The maximum absolute atomic E-state index is 5.94. The molecule has 0 atom stereocenters. The van der Waals surface area contributed by atoms with Gasteiger partial charge >= 0.3 is 0 Å². The fraction of sp³-hybridized carbons (Fsp3) is 0.111. The zero-order chi connectivity index (χ0) is 14.2. The van der Waals surface area contributed by atoms with Crippen LogP contribution in [-0.2, 0) is 12.8 Å². The minimum atomic E-state index is 0.724. The molecule has 0 saturated heterocycles. The minimum Gasteiger partial charge on any atom is -0.236 e. The SMILES string of the molecule is Clc1ccc(-c2ncc3c(n2)-c2ccccc2CC3)cc1. The zero-order valence-corrected chi connectivity index (χ0v) is 12.1. The van der Waals surface area contributed by atoms with Crippen molar-refractivity contribution in [1.82, 2.24) is 9.97 Å². The molecule has 0 bridgehead atoms. The van der Waals surface area contributed by atoms with E-state index in [-0.39, 0.29) is 0 Å². The van der Waals surface area contributed by atoms with Gasteiger partial charge in [-0.3, -0.25) is 0 Å². The van der Waals surface area contributed by atoms with Crippen LogP contribution in [0, 0.1) is 0 Å². The zero-order valence-electron chi connectivity index (χ0n) is 11.4. The molecule has 2 aromatic carbocycles. The first-order valence-corrected chi connectivity index (χ1v) is 7.39. The molecule has 0 radical (unpaired) electrons. The number of hydrogen-bond donors (Lipinski definition) is 0. The molecule has 2 nitrogen and oxygen atoms in total. The fourth-order valence-corrected chi connectivity index (χ4v) is 2.93. The Morgan fingerprint density at radius 1 is 0.857 bits per heavy atom. The summed E-state index contributed by atoms with van der Waals surface area (Å²) in [5, 5.41) is 0.724. The van der Waals surface area contributed by atoms with Gasteiger partial charge < -0.3 is 0 Å². The maximum atomic E-state index is 5.94. The smallest absolute Gasteiger partial charge is 0.159 e. The summed E-state index contributed by atoms with van der Waals surface area (Å²) in [4.78, 5) is 9.31. The Morgan fingerprint density at radius 3 is 2.48 bits per heavy atom. The highest BCUT2D eigenvalue weighted by Crippen LogP contribution is 2.32. The van der Waals surface area contributed by atoms with Crippen molar-refractivity contribution in [3.63, 3.8) is 0 Å². The highest BCUT2D eigenvalue weighted by atomic mass is 35.5. The summed E-state index contributed by atoms with van der Waals surface area (Å²) >= 11 is 5.94. The molecule has 0 amide bonds. The summed E-state index contributed by atoms with van der Waals surface area (Å²) < 4.78 is 0. The highest BCUT2D eigenvalue weighted by molar-refractivity contribution is 6.30. The van der Waals surface area contributed by atoms with Gasteiger partial charge in [-0.1, -0.05) is 35.9 Å². The number of aromatic nitrogens is 2. The Balaban J connectivity index is 1.86. The first kappa shape index (κ1) is 12.5. The number of hydrogen-bond acceptors (Lipinski definition) is 2. The van der Waals surface area contributed by atoms with Crippen LogP contribution in [0.4, 0.5) is 0 Å². The molecule has 4 rings (SSSR count). The van der Waals surface area contributed by atoms with Gasteiger partial charge in [0.25, 0.3) is 0 Å². The molecule has 1 aromatic heterocycles. The number of nitrogens with zero attached hydrogens (tertiary/aromatic N) is 2. The number of benzene rings is 2. The van der Waals surface area contributed by atoms with E-state index in [9.17, 15) is 0 Å². The second kappa shape index (κ2) is 4.97. The van der Waals surface area contributed by atoms with Gasteiger partial charge in [-0.05, 0) is 48.2 Å². The molecule has 1 heterocycles. The monoisotopic (exact) mass is 292 g/mol. The molecule has 0 saturated carbocycles. The number of aryl methyl sites for hydroxylation is 2. The van der Waals surface area contributed by atoms with E-state index in [2.05, 4.69) is 29.2 Å². The van der Waals surface area contributed by atoms with E-state index in [1.165, 1.54) is 16.7 Å². The van der Waals surface area contributed by atoms with Crippen LogP contribution in [0.15, 0.2) is 54.7 Å². The predicted molar refractivity (Wildman–Crippen MR) is 85.3 cm³/mol. The van der Waals surface area contributed by atoms with Gasteiger partial charge in [-0.15, -0.1) is 0 Å². The molecular weight excluding hydrogens is 280 g/mol. The Bertz CT molecular complexity index is 810.